The van der Waals surface area contributed by atoms with Crippen molar-refractivity contribution in [1.29, 1.82) is 0 Å². The highest BCUT2D eigenvalue weighted by atomic mass is 35.5. The molecule has 0 amide bonds. The van der Waals surface area contributed by atoms with E-state index in [0.717, 1.165) is 29.1 Å². The standard InChI is InChI=1S/C18H15ClN2O2S/c19-17-11-7-10-24-15(11)6-5-12(17)18(23)16-13(3-1-4-14(16)22)21-9-2-8-20-21/h2,5-6,8-9H,1,3-4,7,10H2. The monoisotopic (exact) mass is 358 g/mol. The lowest BCUT2D eigenvalue weighted by Crippen LogP contribution is -2.22. The number of benzene rings is 1. The molecule has 122 valence electrons. The third-order valence-electron chi connectivity index (χ3n) is 4.45. The van der Waals surface area contributed by atoms with Crippen LogP contribution in [0.15, 0.2) is 41.1 Å². The van der Waals surface area contributed by atoms with Crippen LogP contribution in [0.5, 0.6) is 0 Å². The van der Waals surface area contributed by atoms with E-state index in [1.165, 1.54) is 0 Å². The smallest absolute Gasteiger partial charge is 0.199 e. The molecule has 0 spiro atoms. The van der Waals surface area contributed by atoms with E-state index in [1.54, 1.807) is 41.0 Å². The highest BCUT2D eigenvalue weighted by Gasteiger charge is 2.31. The van der Waals surface area contributed by atoms with E-state index in [1.807, 2.05) is 6.07 Å². The van der Waals surface area contributed by atoms with E-state index < -0.39 is 0 Å². The van der Waals surface area contributed by atoms with Gasteiger partial charge in [-0.3, -0.25) is 9.59 Å². The van der Waals surface area contributed by atoms with Crippen molar-refractivity contribution in [2.24, 2.45) is 0 Å². The summed E-state index contributed by atoms with van der Waals surface area (Å²) >= 11 is 8.25. The quantitative estimate of drug-likeness (QED) is 0.614. The topological polar surface area (TPSA) is 52.0 Å². The molecule has 2 aliphatic rings. The second-order valence-electron chi connectivity index (χ2n) is 5.88. The maximum absolute atomic E-state index is 13.1. The number of hydrogen-bond donors (Lipinski definition) is 0. The summed E-state index contributed by atoms with van der Waals surface area (Å²) in [5.74, 6) is 0.574. The van der Waals surface area contributed by atoms with Crippen molar-refractivity contribution in [2.75, 3.05) is 5.75 Å². The first-order valence-corrected chi connectivity index (χ1v) is 9.28. The molecule has 0 radical (unpaired) electrons. The van der Waals surface area contributed by atoms with E-state index >= 15 is 0 Å². The van der Waals surface area contributed by atoms with Crippen LogP contribution in [0.3, 0.4) is 0 Å². The molecule has 6 heteroatoms. The van der Waals surface area contributed by atoms with E-state index in [-0.39, 0.29) is 17.1 Å². The number of ketones is 2. The normalized spacial score (nSPS) is 17.3. The van der Waals surface area contributed by atoms with Gasteiger partial charge < -0.3 is 0 Å². The zero-order valence-electron chi connectivity index (χ0n) is 12.9. The van der Waals surface area contributed by atoms with Crippen molar-refractivity contribution in [1.82, 2.24) is 9.78 Å². The molecule has 0 unspecified atom stereocenters. The number of nitrogens with zero attached hydrogens (tertiary/aromatic N) is 2. The number of hydrogen-bond acceptors (Lipinski definition) is 4. The van der Waals surface area contributed by atoms with Gasteiger partial charge in [-0.05, 0) is 43.0 Å². The number of rotatable bonds is 3. The zero-order valence-corrected chi connectivity index (χ0v) is 14.5. The maximum atomic E-state index is 13.1. The SMILES string of the molecule is O=C1CCCC(n2cccn2)=C1C(=O)c1ccc2c(c1Cl)CCS2. The minimum Gasteiger partial charge on any atom is -0.294 e. The first kappa shape index (κ1) is 15.7. The summed E-state index contributed by atoms with van der Waals surface area (Å²) in [6, 6.07) is 5.47. The predicted octanol–water partition coefficient (Wildman–Crippen LogP) is 4.03. The minimum absolute atomic E-state index is 0.123. The Morgan fingerprint density at radius 1 is 1.25 bits per heavy atom. The molecular weight excluding hydrogens is 344 g/mol. The van der Waals surface area contributed by atoms with E-state index in [9.17, 15) is 9.59 Å². The van der Waals surface area contributed by atoms with Gasteiger partial charge in [-0.15, -0.1) is 11.8 Å². The molecule has 2 aromatic rings. The number of aromatic nitrogens is 2. The second-order valence-corrected chi connectivity index (χ2v) is 7.40. The molecule has 1 aromatic heterocycles. The zero-order chi connectivity index (χ0) is 16.7. The molecule has 4 rings (SSSR count). The molecule has 1 aromatic carbocycles. The fraction of sp³-hybridized carbons (Fsp3) is 0.278. The summed E-state index contributed by atoms with van der Waals surface area (Å²) in [5, 5.41) is 4.69. The molecule has 0 N–H and O–H groups in total. The summed E-state index contributed by atoms with van der Waals surface area (Å²) in [5.41, 5.74) is 2.36. The lowest BCUT2D eigenvalue weighted by atomic mass is 9.88. The van der Waals surface area contributed by atoms with Gasteiger partial charge in [0, 0.05) is 35.0 Å². The van der Waals surface area contributed by atoms with Gasteiger partial charge >= 0.3 is 0 Å². The third-order valence-corrected chi connectivity index (χ3v) is 5.98. The van der Waals surface area contributed by atoms with Crippen molar-refractivity contribution in [3.8, 4) is 0 Å². The summed E-state index contributed by atoms with van der Waals surface area (Å²) < 4.78 is 1.63. The molecule has 0 fully saturated rings. The molecule has 0 saturated carbocycles. The molecule has 1 aliphatic heterocycles. The highest BCUT2D eigenvalue weighted by molar-refractivity contribution is 7.99. The van der Waals surface area contributed by atoms with Gasteiger partial charge in [-0.1, -0.05) is 11.6 Å². The maximum Gasteiger partial charge on any atom is 0.199 e. The van der Waals surface area contributed by atoms with Gasteiger partial charge in [0.25, 0.3) is 0 Å². The number of Topliss-reactive ketones (excluding diaryl/α,β-unsaturated/α-hetero) is 2. The average Bonchev–Trinajstić information content (AvgIpc) is 3.26. The van der Waals surface area contributed by atoms with Crippen molar-refractivity contribution in [3.63, 3.8) is 0 Å². The van der Waals surface area contributed by atoms with Crippen molar-refractivity contribution < 1.29 is 9.59 Å². The molecule has 0 bridgehead atoms. The number of carbonyl (C=O) groups excluding carboxylic acids is 2. The largest absolute Gasteiger partial charge is 0.294 e. The number of halogens is 1. The van der Waals surface area contributed by atoms with Gasteiger partial charge in [0.15, 0.2) is 11.6 Å². The number of fused-ring (bicyclic) bond motifs is 1. The van der Waals surface area contributed by atoms with Gasteiger partial charge in [-0.25, -0.2) is 4.68 Å². The third kappa shape index (κ3) is 2.52. The van der Waals surface area contributed by atoms with Crippen LogP contribution in [0.4, 0.5) is 0 Å². The first-order chi connectivity index (χ1) is 11.7. The van der Waals surface area contributed by atoms with Gasteiger partial charge in [-0.2, -0.15) is 5.10 Å². The van der Waals surface area contributed by atoms with E-state index in [4.69, 9.17) is 11.6 Å². The van der Waals surface area contributed by atoms with Gasteiger partial charge in [0.2, 0.25) is 0 Å². The molecule has 24 heavy (non-hydrogen) atoms. The van der Waals surface area contributed by atoms with Crippen LogP contribution in [0.2, 0.25) is 5.02 Å². The Morgan fingerprint density at radius 3 is 2.92 bits per heavy atom. The van der Waals surface area contributed by atoms with Crippen LogP contribution >= 0.6 is 23.4 Å². The molecule has 0 atom stereocenters. The fourth-order valence-corrected chi connectivity index (χ4v) is 4.76. The molecular formula is C18H15ClN2O2S. The summed E-state index contributed by atoms with van der Waals surface area (Å²) in [6.07, 6.45) is 6.06. The van der Waals surface area contributed by atoms with Crippen molar-refractivity contribution >= 4 is 40.6 Å². The Hall–Kier alpha value is -1.85. The van der Waals surface area contributed by atoms with E-state index in [0.29, 0.717) is 29.1 Å². The van der Waals surface area contributed by atoms with Crippen LogP contribution in [-0.4, -0.2) is 27.1 Å². The fourth-order valence-electron chi connectivity index (χ4n) is 3.29. The summed E-state index contributed by atoms with van der Waals surface area (Å²) in [6.45, 7) is 0. The van der Waals surface area contributed by atoms with Crippen molar-refractivity contribution in [3.05, 3.63) is 52.3 Å². The Kier molecular flexibility index (Phi) is 4.06. The Morgan fingerprint density at radius 2 is 2.12 bits per heavy atom. The summed E-state index contributed by atoms with van der Waals surface area (Å²) in [4.78, 5) is 26.8. The van der Waals surface area contributed by atoms with Crippen LogP contribution < -0.4 is 0 Å². The highest BCUT2D eigenvalue weighted by Crippen LogP contribution is 2.39. The minimum atomic E-state index is -0.282. The van der Waals surface area contributed by atoms with Crippen LogP contribution in [0.25, 0.3) is 5.70 Å². The second kappa shape index (κ2) is 6.22. The summed E-state index contributed by atoms with van der Waals surface area (Å²) in [7, 11) is 0. The Balaban J connectivity index is 1.84. The average molecular weight is 359 g/mol. The predicted molar refractivity (Wildman–Crippen MR) is 94.5 cm³/mol. The molecule has 0 saturated heterocycles. The lowest BCUT2D eigenvalue weighted by molar-refractivity contribution is -0.115. The lowest BCUT2D eigenvalue weighted by Gasteiger charge is -2.19. The van der Waals surface area contributed by atoms with Gasteiger partial charge in [0.05, 0.1) is 16.3 Å². The molecule has 2 heterocycles. The Bertz CT molecular complexity index is 871. The van der Waals surface area contributed by atoms with Crippen LogP contribution in [0, 0.1) is 0 Å². The van der Waals surface area contributed by atoms with E-state index in [2.05, 4.69) is 5.10 Å². The van der Waals surface area contributed by atoms with Crippen LogP contribution in [0.1, 0.15) is 35.2 Å². The number of thioether (sulfide) groups is 1. The number of carbonyl (C=O) groups is 2. The Labute approximate surface area is 148 Å². The number of allylic oxidation sites excluding steroid dienone is 2. The molecule has 1 aliphatic carbocycles. The first-order valence-electron chi connectivity index (χ1n) is 7.92. The molecule has 4 nitrogen and oxygen atoms in total. The van der Waals surface area contributed by atoms with Crippen molar-refractivity contribution in [2.45, 2.75) is 30.6 Å². The van der Waals surface area contributed by atoms with Gasteiger partial charge in [0.1, 0.15) is 0 Å². The van der Waals surface area contributed by atoms with Crippen LogP contribution in [-0.2, 0) is 11.2 Å².